The zero-order valence-corrected chi connectivity index (χ0v) is 12.3. The molecule has 2 fully saturated rings. The highest BCUT2D eigenvalue weighted by molar-refractivity contribution is 8.00. The van der Waals surface area contributed by atoms with E-state index in [1.165, 1.54) is 64.0 Å². The van der Waals surface area contributed by atoms with Crippen molar-refractivity contribution in [1.29, 1.82) is 0 Å². The van der Waals surface area contributed by atoms with Crippen LogP contribution in [0.25, 0.3) is 0 Å². The van der Waals surface area contributed by atoms with E-state index in [2.05, 4.69) is 35.8 Å². The minimum Gasteiger partial charge on any atom is -0.314 e. The molecule has 2 nitrogen and oxygen atoms in total. The van der Waals surface area contributed by atoms with E-state index >= 15 is 0 Å². The molecule has 2 saturated heterocycles. The highest BCUT2D eigenvalue weighted by atomic mass is 32.2. The molecule has 2 aliphatic rings. The van der Waals surface area contributed by atoms with E-state index < -0.39 is 0 Å². The van der Waals surface area contributed by atoms with Gasteiger partial charge in [0.1, 0.15) is 0 Å². The van der Waals surface area contributed by atoms with Gasteiger partial charge in [0.25, 0.3) is 0 Å². The lowest BCUT2D eigenvalue weighted by atomic mass is 10.0. The third kappa shape index (κ3) is 4.15. The molecule has 2 aliphatic heterocycles. The van der Waals surface area contributed by atoms with Crippen LogP contribution >= 0.6 is 11.8 Å². The molecule has 0 aliphatic carbocycles. The number of rotatable bonds is 5. The molecule has 3 heteroatoms. The first-order valence-electron chi connectivity index (χ1n) is 7.31. The highest BCUT2D eigenvalue weighted by Gasteiger charge is 2.32. The molecule has 100 valence electrons. The Balaban J connectivity index is 1.68. The van der Waals surface area contributed by atoms with Crippen LogP contribution in [0.5, 0.6) is 0 Å². The zero-order valence-electron chi connectivity index (χ0n) is 11.5. The van der Waals surface area contributed by atoms with Gasteiger partial charge in [-0.1, -0.05) is 6.92 Å². The normalized spacial score (nSPS) is 32.1. The van der Waals surface area contributed by atoms with Crippen LogP contribution in [0.4, 0.5) is 0 Å². The van der Waals surface area contributed by atoms with Gasteiger partial charge in [-0.15, -0.1) is 0 Å². The number of piperidine rings is 1. The van der Waals surface area contributed by atoms with Crippen LogP contribution in [0.3, 0.4) is 0 Å². The monoisotopic (exact) mass is 256 g/mol. The van der Waals surface area contributed by atoms with Crippen molar-refractivity contribution < 1.29 is 0 Å². The smallest absolute Gasteiger partial charge is 0.0259 e. The van der Waals surface area contributed by atoms with Crippen molar-refractivity contribution in [3.63, 3.8) is 0 Å². The molecule has 0 aromatic carbocycles. The van der Waals surface area contributed by atoms with E-state index in [-0.39, 0.29) is 0 Å². The first-order valence-corrected chi connectivity index (χ1v) is 8.30. The Morgan fingerprint density at radius 1 is 1.35 bits per heavy atom. The molecule has 0 radical (unpaired) electrons. The van der Waals surface area contributed by atoms with Gasteiger partial charge in [-0.3, -0.25) is 0 Å². The maximum Gasteiger partial charge on any atom is 0.0259 e. The molecule has 0 spiro atoms. The summed E-state index contributed by atoms with van der Waals surface area (Å²) in [5, 5.41) is 3.66. The van der Waals surface area contributed by atoms with E-state index in [4.69, 9.17) is 0 Å². The van der Waals surface area contributed by atoms with Crippen LogP contribution in [-0.4, -0.2) is 47.6 Å². The second-order valence-electron chi connectivity index (χ2n) is 5.91. The van der Waals surface area contributed by atoms with E-state index in [9.17, 15) is 0 Å². The lowest BCUT2D eigenvalue weighted by Crippen LogP contribution is -2.46. The van der Waals surface area contributed by atoms with Gasteiger partial charge in [0.05, 0.1) is 0 Å². The van der Waals surface area contributed by atoms with Gasteiger partial charge in [0.2, 0.25) is 0 Å². The molecule has 0 bridgehead atoms. The number of thioether (sulfide) groups is 1. The summed E-state index contributed by atoms with van der Waals surface area (Å²) in [5.41, 5.74) is 0. The van der Waals surface area contributed by atoms with Crippen LogP contribution in [0.1, 0.15) is 46.0 Å². The fourth-order valence-corrected chi connectivity index (χ4v) is 4.42. The van der Waals surface area contributed by atoms with Gasteiger partial charge in [-0.2, -0.15) is 11.8 Å². The molecule has 1 N–H and O–H groups in total. The molecule has 0 saturated carbocycles. The third-order valence-corrected chi connectivity index (χ3v) is 5.65. The van der Waals surface area contributed by atoms with E-state index in [0.717, 1.165) is 6.04 Å². The predicted molar refractivity (Wildman–Crippen MR) is 77.9 cm³/mol. The van der Waals surface area contributed by atoms with Crippen LogP contribution in [0, 0.1) is 0 Å². The average molecular weight is 256 g/mol. The standard InChI is InChI=1S/C14H28N2S/c1-3-8-15-13-5-9-16(10-6-13)12-14(2)7-4-11-17-14/h13,15H,3-12H2,1-2H3. The van der Waals surface area contributed by atoms with E-state index in [1.54, 1.807) is 0 Å². The minimum atomic E-state index is 0.559. The minimum absolute atomic E-state index is 0.559. The summed E-state index contributed by atoms with van der Waals surface area (Å²) in [4.78, 5) is 2.70. The van der Waals surface area contributed by atoms with Gasteiger partial charge in [0.15, 0.2) is 0 Å². The fraction of sp³-hybridized carbons (Fsp3) is 1.00. The zero-order chi connectivity index (χ0) is 12.1. The number of nitrogens with zero attached hydrogens (tertiary/aromatic N) is 1. The van der Waals surface area contributed by atoms with Crippen molar-refractivity contribution in [3.8, 4) is 0 Å². The van der Waals surface area contributed by atoms with Crippen molar-refractivity contribution in [2.45, 2.75) is 56.7 Å². The Morgan fingerprint density at radius 3 is 2.71 bits per heavy atom. The quantitative estimate of drug-likeness (QED) is 0.814. The van der Waals surface area contributed by atoms with Gasteiger partial charge in [-0.05, 0) is 64.4 Å². The fourth-order valence-electron chi connectivity index (χ4n) is 3.08. The van der Waals surface area contributed by atoms with Crippen molar-refractivity contribution >= 4 is 11.8 Å². The lowest BCUT2D eigenvalue weighted by Gasteiger charge is -2.37. The summed E-state index contributed by atoms with van der Waals surface area (Å²) < 4.78 is 0.559. The van der Waals surface area contributed by atoms with Crippen LogP contribution in [-0.2, 0) is 0 Å². The summed E-state index contributed by atoms with van der Waals surface area (Å²) in [6, 6.07) is 0.787. The molecule has 2 heterocycles. The van der Waals surface area contributed by atoms with E-state index in [0.29, 0.717) is 4.75 Å². The van der Waals surface area contributed by atoms with Crippen molar-refractivity contribution in [3.05, 3.63) is 0 Å². The Bertz CT molecular complexity index is 218. The average Bonchev–Trinajstić information content (AvgIpc) is 2.75. The van der Waals surface area contributed by atoms with Crippen molar-refractivity contribution in [1.82, 2.24) is 10.2 Å². The first-order chi connectivity index (χ1) is 8.22. The van der Waals surface area contributed by atoms with E-state index in [1.807, 2.05) is 0 Å². The van der Waals surface area contributed by atoms with Crippen LogP contribution < -0.4 is 5.32 Å². The number of nitrogens with one attached hydrogen (secondary N) is 1. The predicted octanol–water partition coefficient (Wildman–Crippen LogP) is 2.74. The first kappa shape index (κ1) is 13.7. The number of hydrogen-bond acceptors (Lipinski definition) is 3. The maximum atomic E-state index is 3.66. The summed E-state index contributed by atoms with van der Waals surface area (Å²) >= 11 is 2.20. The molecular weight excluding hydrogens is 228 g/mol. The molecule has 2 rings (SSSR count). The van der Waals surface area contributed by atoms with Gasteiger partial charge in [-0.25, -0.2) is 0 Å². The topological polar surface area (TPSA) is 15.3 Å². The summed E-state index contributed by atoms with van der Waals surface area (Å²) in [5.74, 6) is 1.38. The molecule has 17 heavy (non-hydrogen) atoms. The maximum absolute atomic E-state index is 3.66. The van der Waals surface area contributed by atoms with Crippen molar-refractivity contribution in [2.24, 2.45) is 0 Å². The Labute approximate surface area is 111 Å². The summed E-state index contributed by atoms with van der Waals surface area (Å²) in [7, 11) is 0. The number of likely N-dealkylation sites (tertiary alicyclic amines) is 1. The van der Waals surface area contributed by atoms with Gasteiger partial charge >= 0.3 is 0 Å². The largest absolute Gasteiger partial charge is 0.314 e. The molecule has 1 unspecified atom stereocenters. The van der Waals surface area contributed by atoms with Crippen molar-refractivity contribution in [2.75, 3.05) is 31.9 Å². The Morgan fingerprint density at radius 2 is 2.12 bits per heavy atom. The molecular formula is C14H28N2S. The van der Waals surface area contributed by atoms with Crippen LogP contribution in [0.15, 0.2) is 0 Å². The molecule has 0 aromatic heterocycles. The summed E-state index contributed by atoms with van der Waals surface area (Å²) in [6.45, 7) is 9.83. The van der Waals surface area contributed by atoms with Gasteiger partial charge in [0, 0.05) is 17.3 Å². The molecule has 1 atom stereocenters. The Hall–Kier alpha value is 0.270. The van der Waals surface area contributed by atoms with Gasteiger partial charge < -0.3 is 10.2 Å². The molecule has 0 amide bonds. The lowest BCUT2D eigenvalue weighted by molar-refractivity contribution is 0.183. The highest BCUT2D eigenvalue weighted by Crippen LogP contribution is 2.38. The van der Waals surface area contributed by atoms with Crippen LogP contribution in [0.2, 0.25) is 0 Å². The number of hydrogen-bond donors (Lipinski definition) is 1. The third-order valence-electron chi connectivity index (χ3n) is 4.13. The summed E-state index contributed by atoms with van der Waals surface area (Å²) in [6.07, 6.45) is 6.80. The Kier molecular flexibility index (Phi) is 5.19. The SMILES string of the molecule is CCCNC1CCN(CC2(C)CCCS2)CC1. The molecule has 0 aromatic rings. The second-order valence-corrected chi connectivity index (χ2v) is 7.59. The second kappa shape index (κ2) is 6.44.